The number of nitrogens with two attached hydrogens (primary N) is 1. The highest BCUT2D eigenvalue weighted by Gasteiger charge is 2.33. The summed E-state index contributed by atoms with van der Waals surface area (Å²) in [5, 5.41) is 0.848. The van der Waals surface area contributed by atoms with Crippen LogP contribution in [0.15, 0.2) is 48.5 Å². The molecule has 2 atom stereocenters. The lowest BCUT2D eigenvalue weighted by molar-refractivity contribution is -0.132. The molecule has 1 fully saturated rings. The van der Waals surface area contributed by atoms with E-state index < -0.39 is 0 Å². The highest BCUT2D eigenvalue weighted by molar-refractivity contribution is 6.42. The van der Waals surface area contributed by atoms with Gasteiger partial charge in [-0.2, -0.15) is 0 Å². The molecule has 1 amide bonds. The first-order valence-electron chi connectivity index (χ1n) is 7.71. The predicted octanol–water partition coefficient (Wildman–Crippen LogP) is 3.33. The van der Waals surface area contributed by atoms with Crippen molar-refractivity contribution < 1.29 is 9.53 Å². The minimum absolute atomic E-state index is 0.0494. The fourth-order valence-corrected chi connectivity index (χ4v) is 3.18. The number of benzene rings is 2. The second-order valence-corrected chi connectivity index (χ2v) is 6.66. The van der Waals surface area contributed by atoms with Crippen LogP contribution in [0.25, 0.3) is 0 Å². The van der Waals surface area contributed by atoms with Crippen molar-refractivity contribution in [2.45, 2.75) is 12.0 Å². The third kappa shape index (κ3) is 3.83. The van der Waals surface area contributed by atoms with Gasteiger partial charge in [-0.15, -0.1) is 0 Å². The lowest BCUT2D eigenvalue weighted by Crippen LogP contribution is -2.35. The van der Waals surface area contributed by atoms with E-state index in [9.17, 15) is 4.79 Å². The predicted molar refractivity (Wildman–Crippen MR) is 95.7 cm³/mol. The Labute approximate surface area is 151 Å². The van der Waals surface area contributed by atoms with Gasteiger partial charge in [-0.25, -0.2) is 0 Å². The number of rotatable bonds is 4. The molecular weight excluding hydrogens is 347 g/mol. The monoisotopic (exact) mass is 364 g/mol. The molecule has 0 unspecified atom stereocenters. The van der Waals surface area contributed by atoms with Crippen molar-refractivity contribution in [1.29, 1.82) is 0 Å². The Morgan fingerprint density at radius 3 is 2.58 bits per heavy atom. The van der Waals surface area contributed by atoms with E-state index in [2.05, 4.69) is 0 Å². The van der Waals surface area contributed by atoms with Gasteiger partial charge >= 0.3 is 0 Å². The summed E-state index contributed by atoms with van der Waals surface area (Å²) >= 11 is 11.8. The molecule has 6 heteroatoms. The summed E-state index contributed by atoms with van der Waals surface area (Å²) in [6, 6.07) is 14.9. The van der Waals surface area contributed by atoms with E-state index in [1.807, 2.05) is 30.3 Å². The highest BCUT2D eigenvalue weighted by atomic mass is 35.5. The molecule has 0 aliphatic carbocycles. The van der Waals surface area contributed by atoms with Gasteiger partial charge in [-0.3, -0.25) is 4.79 Å². The van der Waals surface area contributed by atoms with Crippen molar-refractivity contribution in [2.75, 3.05) is 19.7 Å². The summed E-state index contributed by atoms with van der Waals surface area (Å²) in [6.45, 7) is 1.09. The van der Waals surface area contributed by atoms with Gasteiger partial charge in [0.2, 0.25) is 0 Å². The maximum Gasteiger partial charge on any atom is 0.260 e. The normalized spacial score (nSPS) is 20.2. The fourth-order valence-electron chi connectivity index (χ4n) is 2.89. The molecule has 126 valence electrons. The molecule has 2 aromatic carbocycles. The first-order valence-corrected chi connectivity index (χ1v) is 8.46. The Bertz CT molecular complexity index is 724. The van der Waals surface area contributed by atoms with Crippen LogP contribution in [-0.2, 0) is 4.79 Å². The number of carbonyl (C=O) groups excluding carboxylic acids is 1. The third-order valence-corrected chi connectivity index (χ3v) is 4.94. The van der Waals surface area contributed by atoms with Gasteiger partial charge in [0.1, 0.15) is 5.75 Å². The molecule has 0 spiro atoms. The van der Waals surface area contributed by atoms with E-state index in [1.54, 1.807) is 23.1 Å². The quantitative estimate of drug-likeness (QED) is 0.904. The zero-order chi connectivity index (χ0) is 17.1. The average molecular weight is 365 g/mol. The summed E-state index contributed by atoms with van der Waals surface area (Å²) in [5.74, 6) is 0.580. The molecule has 2 aromatic rings. The van der Waals surface area contributed by atoms with E-state index in [0.29, 0.717) is 28.9 Å². The van der Waals surface area contributed by atoms with E-state index in [1.165, 1.54) is 0 Å². The molecule has 0 aromatic heterocycles. The molecule has 0 saturated carbocycles. The Kier molecular flexibility index (Phi) is 5.29. The van der Waals surface area contributed by atoms with E-state index >= 15 is 0 Å². The second-order valence-electron chi connectivity index (χ2n) is 5.84. The maximum absolute atomic E-state index is 12.4. The van der Waals surface area contributed by atoms with Gasteiger partial charge in [-0.1, -0.05) is 53.5 Å². The van der Waals surface area contributed by atoms with Gasteiger partial charge < -0.3 is 15.4 Å². The maximum atomic E-state index is 12.4. The molecule has 1 aliphatic heterocycles. The SMILES string of the molecule is N[C@@H]1CN(C(=O)COc2ccc(Cl)c(Cl)c2)C[C@H]1c1ccccc1. The summed E-state index contributed by atoms with van der Waals surface area (Å²) in [4.78, 5) is 14.1. The van der Waals surface area contributed by atoms with Crippen LogP contribution in [0, 0.1) is 0 Å². The smallest absolute Gasteiger partial charge is 0.260 e. The number of halogens is 2. The molecule has 2 N–H and O–H groups in total. The van der Waals surface area contributed by atoms with Crippen molar-refractivity contribution in [3.63, 3.8) is 0 Å². The minimum atomic E-state index is -0.0880. The van der Waals surface area contributed by atoms with E-state index in [0.717, 1.165) is 5.56 Å². The van der Waals surface area contributed by atoms with Crippen molar-refractivity contribution in [3.8, 4) is 5.75 Å². The molecule has 4 nitrogen and oxygen atoms in total. The minimum Gasteiger partial charge on any atom is -0.484 e. The first-order chi connectivity index (χ1) is 11.5. The van der Waals surface area contributed by atoms with Crippen LogP contribution in [0.3, 0.4) is 0 Å². The fraction of sp³-hybridized carbons (Fsp3) is 0.278. The molecule has 24 heavy (non-hydrogen) atoms. The van der Waals surface area contributed by atoms with E-state index in [-0.39, 0.29) is 24.5 Å². The van der Waals surface area contributed by atoms with Crippen LogP contribution >= 0.6 is 23.2 Å². The number of likely N-dealkylation sites (tertiary alicyclic amines) is 1. The van der Waals surface area contributed by atoms with Gasteiger partial charge in [0.05, 0.1) is 10.0 Å². The van der Waals surface area contributed by atoms with Gasteiger partial charge in [0.15, 0.2) is 6.61 Å². The molecule has 0 radical (unpaired) electrons. The van der Waals surface area contributed by atoms with E-state index in [4.69, 9.17) is 33.7 Å². The average Bonchev–Trinajstić information content (AvgIpc) is 2.98. The Balaban J connectivity index is 1.59. The summed E-state index contributed by atoms with van der Waals surface area (Å²) in [5.41, 5.74) is 7.37. The van der Waals surface area contributed by atoms with Crippen LogP contribution in [0.2, 0.25) is 10.0 Å². The number of ether oxygens (including phenoxy) is 1. The molecule has 1 aliphatic rings. The summed E-state index contributed by atoms with van der Waals surface area (Å²) in [7, 11) is 0. The molecule has 3 rings (SSSR count). The zero-order valence-corrected chi connectivity index (χ0v) is 14.5. The standard InChI is InChI=1S/C18H18Cl2N2O2/c19-15-7-6-13(8-16(15)20)24-11-18(23)22-9-14(17(21)10-22)12-4-2-1-3-5-12/h1-8,14,17H,9-11,21H2/t14-,17+/m0/s1. The summed E-state index contributed by atoms with van der Waals surface area (Å²) in [6.07, 6.45) is 0. The highest BCUT2D eigenvalue weighted by Crippen LogP contribution is 2.28. The van der Waals surface area contributed by atoms with Crippen LogP contribution < -0.4 is 10.5 Å². The van der Waals surface area contributed by atoms with Crippen molar-refractivity contribution in [3.05, 3.63) is 64.1 Å². The second kappa shape index (κ2) is 7.43. The number of nitrogens with zero attached hydrogens (tertiary/aromatic N) is 1. The Morgan fingerprint density at radius 2 is 1.88 bits per heavy atom. The first kappa shape index (κ1) is 17.1. The lowest BCUT2D eigenvalue weighted by Gasteiger charge is -2.17. The number of amides is 1. The molecule has 0 bridgehead atoms. The van der Waals surface area contributed by atoms with Crippen molar-refractivity contribution in [2.24, 2.45) is 5.73 Å². The van der Waals surface area contributed by atoms with Crippen molar-refractivity contribution in [1.82, 2.24) is 4.90 Å². The van der Waals surface area contributed by atoms with Crippen LogP contribution in [0.4, 0.5) is 0 Å². The third-order valence-electron chi connectivity index (χ3n) is 4.20. The largest absolute Gasteiger partial charge is 0.484 e. The summed E-state index contributed by atoms with van der Waals surface area (Å²) < 4.78 is 5.52. The van der Waals surface area contributed by atoms with Gasteiger partial charge in [-0.05, 0) is 17.7 Å². The molecule has 1 saturated heterocycles. The van der Waals surface area contributed by atoms with Crippen LogP contribution in [0.1, 0.15) is 11.5 Å². The van der Waals surface area contributed by atoms with Crippen LogP contribution in [0.5, 0.6) is 5.75 Å². The van der Waals surface area contributed by atoms with Crippen LogP contribution in [-0.4, -0.2) is 36.5 Å². The van der Waals surface area contributed by atoms with Gasteiger partial charge in [0, 0.05) is 31.1 Å². The zero-order valence-electron chi connectivity index (χ0n) is 13.0. The Hall–Kier alpha value is -1.75. The Morgan fingerprint density at radius 1 is 1.12 bits per heavy atom. The lowest BCUT2D eigenvalue weighted by atomic mass is 9.95. The molecular formula is C18H18Cl2N2O2. The topological polar surface area (TPSA) is 55.6 Å². The number of hydrogen-bond acceptors (Lipinski definition) is 3. The van der Waals surface area contributed by atoms with Gasteiger partial charge in [0.25, 0.3) is 5.91 Å². The molecule has 1 heterocycles. The number of hydrogen-bond donors (Lipinski definition) is 1. The number of carbonyl (C=O) groups is 1. The van der Waals surface area contributed by atoms with Crippen molar-refractivity contribution >= 4 is 29.1 Å².